The molecule has 112 valence electrons. The van der Waals surface area contributed by atoms with Crippen molar-refractivity contribution >= 4 is 9.84 Å². The molecule has 0 aromatic rings. The Kier molecular flexibility index (Phi) is 4.29. The van der Waals surface area contributed by atoms with Gasteiger partial charge in [0.15, 0.2) is 0 Å². The summed E-state index contributed by atoms with van der Waals surface area (Å²) in [5.74, 6) is 1.90. The van der Waals surface area contributed by atoms with Crippen LogP contribution in [0.15, 0.2) is 0 Å². The van der Waals surface area contributed by atoms with E-state index in [0.717, 1.165) is 37.9 Å². The van der Waals surface area contributed by atoms with E-state index >= 15 is 0 Å². The molecule has 2 fully saturated rings. The lowest BCUT2D eigenvalue weighted by Crippen LogP contribution is -2.41. The van der Waals surface area contributed by atoms with Crippen LogP contribution >= 0.6 is 0 Å². The lowest BCUT2D eigenvalue weighted by atomic mass is 10.0. The molecule has 0 unspecified atom stereocenters. The van der Waals surface area contributed by atoms with Gasteiger partial charge in [0.1, 0.15) is 9.84 Å². The van der Waals surface area contributed by atoms with Crippen LogP contribution in [0.2, 0.25) is 0 Å². The molecule has 2 atom stereocenters. The van der Waals surface area contributed by atoms with E-state index in [2.05, 4.69) is 30.6 Å². The van der Waals surface area contributed by atoms with Gasteiger partial charge in [-0.3, -0.25) is 4.90 Å². The highest BCUT2D eigenvalue weighted by molar-refractivity contribution is 7.90. The van der Waals surface area contributed by atoms with E-state index in [1.54, 1.807) is 0 Å². The molecule has 4 nitrogen and oxygen atoms in total. The van der Waals surface area contributed by atoms with Crippen LogP contribution in [0.1, 0.15) is 27.2 Å². The van der Waals surface area contributed by atoms with Crippen molar-refractivity contribution in [2.75, 3.05) is 44.7 Å². The summed E-state index contributed by atoms with van der Waals surface area (Å²) in [7, 11) is -2.80. The molecule has 0 aromatic heterocycles. The lowest BCUT2D eigenvalue weighted by Gasteiger charge is -2.33. The monoisotopic (exact) mass is 288 g/mol. The van der Waals surface area contributed by atoms with Crippen molar-refractivity contribution in [3.8, 4) is 0 Å². The van der Waals surface area contributed by atoms with Gasteiger partial charge in [-0.2, -0.15) is 0 Å². The minimum absolute atomic E-state index is 0.283. The maximum absolute atomic E-state index is 11.1. The molecule has 0 N–H and O–H groups in total. The molecular weight excluding hydrogens is 260 g/mol. The molecular formula is C14H28N2O2S. The number of nitrogens with zero attached hydrogens (tertiary/aromatic N) is 2. The van der Waals surface area contributed by atoms with E-state index < -0.39 is 9.84 Å². The SMILES string of the molecule is CC(C)(C)N1C[C@H]2CN(CCCS(C)(=O)=O)C[C@H]2C1. The Balaban J connectivity index is 1.75. The summed E-state index contributed by atoms with van der Waals surface area (Å²) in [6.07, 6.45) is 2.11. The highest BCUT2D eigenvalue weighted by atomic mass is 32.2. The fourth-order valence-electron chi connectivity index (χ4n) is 3.37. The van der Waals surface area contributed by atoms with E-state index in [-0.39, 0.29) is 5.54 Å². The first-order chi connectivity index (χ1) is 8.65. The molecule has 0 saturated carbocycles. The minimum atomic E-state index is -2.80. The van der Waals surface area contributed by atoms with Crippen molar-refractivity contribution in [1.29, 1.82) is 0 Å². The summed E-state index contributed by atoms with van der Waals surface area (Å²) < 4.78 is 22.3. The third-order valence-corrected chi connectivity index (χ3v) is 5.53. The summed E-state index contributed by atoms with van der Waals surface area (Å²) in [5.41, 5.74) is 0.283. The van der Waals surface area contributed by atoms with E-state index in [1.807, 2.05) is 0 Å². The Morgan fingerprint density at radius 3 is 2.00 bits per heavy atom. The Morgan fingerprint density at radius 1 is 1.05 bits per heavy atom. The van der Waals surface area contributed by atoms with Crippen LogP contribution in [0.3, 0.4) is 0 Å². The van der Waals surface area contributed by atoms with Crippen molar-refractivity contribution in [2.45, 2.75) is 32.7 Å². The minimum Gasteiger partial charge on any atom is -0.303 e. The molecule has 0 spiro atoms. The maximum Gasteiger partial charge on any atom is 0.147 e. The Bertz CT molecular complexity index is 400. The van der Waals surface area contributed by atoms with Crippen molar-refractivity contribution in [3.63, 3.8) is 0 Å². The zero-order valence-corrected chi connectivity index (χ0v) is 13.5. The first-order valence-electron chi connectivity index (χ1n) is 7.30. The lowest BCUT2D eigenvalue weighted by molar-refractivity contribution is 0.149. The zero-order valence-electron chi connectivity index (χ0n) is 12.7. The molecule has 19 heavy (non-hydrogen) atoms. The molecule has 0 aromatic carbocycles. The van der Waals surface area contributed by atoms with Crippen LogP contribution in [-0.2, 0) is 9.84 Å². The second-order valence-corrected chi connectivity index (χ2v) is 9.60. The van der Waals surface area contributed by atoms with Gasteiger partial charge in [0.25, 0.3) is 0 Å². The molecule has 2 aliphatic heterocycles. The number of likely N-dealkylation sites (tertiary alicyclic amines) is 2. The summed E-state index contributed by atoms with van der Waals surface area (Å²) in [4.78, 5) is 5.05. The molecule has 2 rings (SSSR count). The van der Waals surface area contributed by atoms with E-state index in [1.165, 1.54) is 19.3 Å². The molecule has 2 heterocycles. The number of hydrogen-bond donors (Lipinski definition) is 0. The maximum atomic E-state index is 11.1. The van der Waals surface area contributed by atoms with Gasteiger partial charge in [0.2, 0.25) is 0 Å². The van der Waals surface area contributed by atoms with E-state index in [4.69, 9.17) is 0 Å². The first-order valence-corrected chi connectivity index (χ1v) is 9.36. The molecule has 2 aliphatic rings. The largest absolute Gasteiger partial charge is 0.303 e. The standard InChI is InChI=1S/C14H28N2O2S/c1-14(2,3)16-10-12-8-15(9-13(12)11-16)6-5-7-19(4,17)18/h12-13H,5-11H2,1-4H3/t12-,13+. The van der Waals surface area contributed by atoms with Gasteiger partial charge in [-0.1, -0.05) is 0 Å². The highest BCUT2D eigenvalue weighted by Gasteiger charge is 2.42. The van der Waals surface area contributed by atoms with Crippen molar-refractivity contribution in [2.24, 2.45) is 11.8 Å². The van der Waals surface area contributed by atoms with Gasteiger partial charge in [-0.15, -0.1) is 0 Å². The van der Waals surface area contributed by atoms with Gasteiger partial charge in [-0.05, 0) is 45.6 Å². The quantitative estimate of drug-likeness (QED) is 0.776. The topological polar surface area (TPSA) is 40.6 Å². The number of rotatable bonds is 4. The summed E-state index contributed by atoms with van der Waals surface area (Å²) in [6.45, 7) is 12.5. The predicted molar refractivity (Wildman–Crippen MR) is 79.1 cm³/mol. The molecule has 0 aliphatic carbocycles. The third kappa shape index (κ3) is 4.17. The van der Waals surface area contributed by atoms with Gasteiger partial charge in [0.05, 0.1) is 5.75 Å². The molecule has 0 amide bonds. The zero-order chi connectivity index (χ0) is 14.3. The molecule has 2 saturated heterocycles. The summed E-state index contributed by atoms with van der Waals surface area (Å²) in [6, 6.07) is 0. The fourth-order valence-corrected chi connectivity index (χ4v) is 4.02. The van der Waals surface area contributed by atoms with Crippen molar-refractivity contribution in [3.05, 3.63) is 0 Å². The normalized spacial score (nSPS) is 29.9. The highest BCUT2D eigenvalue weighted by Crippen LogP contribution is 2.34. The van der Waals surface area contributed by atoms with E-state index in [9.17, 15) is 8.42 Å². The smallest absolute Gasteiger partial charge is 0.147 e. The number of sulfone groups is 1. The molecule has 0 radical (unpaired) electrons. The second-order valence-electron chi connectivity index (χ2n) is 7.34. The van der Waals surface area contributed by atoms with Gasteiger partial charge >= 0.3 is 0 Å². The average Bonchev–Trinajstić information content (AvgIpc) is 2.71. The van der Waals surface area contributed by atoms with Crippen molar-refractivity contribution in [1.82, 2.24) is 9.80 Å². The van der Waals surface area contributed by atoms with Crippen LogP contribution in [0.25, 0.3) is 0 Å². The first kappa shape index (κ1) is 15.3. The van der Waals surface area contributed by atoms with Gasteiger partial charge in [0, 0.05) is 38.0 Å². The predicted octanol–water partition coefficient (Wildman–Crippen LogP) is 1.08. The van der Waals surface area contributed by atoms with Crippen LogP contribution in [0.5, 0.6) is 0 Å². The third-order valence-electron chi connectivity index (χ3n) is 4.50. The Hall–Kier alpha value is -0.130. The van der Waals surface area contributed by atoms with Crippen LogP contribution in [0, 0.1) is 11.8 Å². The molecule has 0 bridgehead atoms. The Labute approximate surface area is 118 Å². The average molecular weight is 288 g/mol. The Morgan fingerprint density at radius 2 is 1.58 bits per heavy atom. The second kappa shape index (κ2) is 5.34. The fraction of sp³-hybridized carbons (Fsp3) is 1.00. The summed E-state index contributed by atoms with van der Waals surface area (Å²) >= 11 is 0. The number of hydrogen-bond acceptors (Lipinski definition) is 4. The number of fused-ring (bicyclic) bond motifs is 1. The van der Waals surface area contributed by atoms with Crippen molar-refractivity contribution < 1.29 is 8.42 Å². The van der Waals surface area contributed by atoms with E-state index in [0.29, 0.717) is 5.75 Å². The van der Waals surface area contributed by atoms with Crippen LogP contribution in [0.4, 0.5) is 0 Å². The van der Waals surface area contributed by atoms with Gasteiger partial charge in [-0.25, -0.2) is 8.42 Å². The van der Waals surface area contributed by atoms with Crippen LogP contribution in [-0.4, -0.2) is 68.5 Å². The molecule has 5 heteroatoms. The van der Waals surface area contributed by atoms with Crippen LogP contribution < -0.4 is 0 Å². The van der Waals surface area contributed by atoms with Gasteiger partial charge < -0.3 is 4.90 Å². The summed E-state index contributed by atoms with van der Waals surface area (Å²) in [5, 5.41) is 0.